The van der Waals surface area contributed by atoms with E-state index in [0.29, 0.717) is 23.3 Å². The Morgan fingerprint density at radius 3 is 2.10 bits per heavy atom. The third kappa shape index (κ3) is 8.73. The Hall–Kier alpha value is -4.58. The fourth-order valence-corrected chi connectivity index (χ4v) is 4.48. The van der Waals surface area contributed by atoms with Crippen molar-refractivity contribution in [2.75, 3.05) is 0 Å². The lowest BCUT2D eigenvalue weighted by molar-refractivity contribution is -0.134. The highest BCUT2D eigenvalue weighted by atomic mass is 16.5. The Kier molecular flexibility index (Phi) is 10.3. The van der Waals surface area contributed by atoms with E-state index in [1.54, 1.807) is 30.3 Å². The highest BCUT2D eigenvalue weighted by molar-refractivity contribution is 6.33. The van der Waals surface area contributed by atoms with Crippen LogP contribution < -0.4 is 10.1 Å². The van der Waals surface area contributed by atoms with Gasteiger partial charge in [-0.25, -0.2) is 0 Å². The molecule has 0 saturated carbocycles. The largest absolute Gasteiger partial charge is 0.427 e. The first-order chi connectivity index (χ1) is 19.5. The molecular weight excluding hydrogens is 502 g/mol. The van der Waals surface area contributed by atoms with Crippen LogP contribution in [0.3, 0.4) is 0 Å². The van der Waals surface area contributed by atoms with Crippen molar-refractivity contribution in [1.82, 2.24) is 5.32 Å². The van der Waals surface area contributed by atoms with Gasteiger partial charge in [-0.15, -0.1) is 0 Å². The first kappa shape index (κ1) is 28.4. The van der Waals surface area contributed by atoms with Crippen LogP contribution in [0.4, 0.5) is 0 Å². The van der Waals surface area contributed by atoms with Gasteiger partial charge in [0.25, 0.3) is 11.8 Å². The standard InChI is InChI=1S/C34H33NO5/c36-31(28-11-7-5-8-12-28)23-18-26-16-21-29(22-17-26)40-33(38)13-9-4-2-1-3-6-10-25-14-19-27(20-15-25)30-24-32(37)35-34(30)39/h5,7-8,11-12,14-24H,1-4,6,9-10,13H2,(H,35,37,39). The van der Waals surface area contributed by atoms with E-state index >= 15 is 0 Å². The zero-order valence-electron chi connectivity index (χ0n) is 22.4. The molecule has 6 heteroatoms. The molecule has 0 spiro atoms. The summed E-state index contributed by atoms with van der Waals surface area (Å²) in [5.74, 6) is -0.503. The fourth-order valence-electron chi connectivity index (χ4n) is 4.48. The van der Waals surface area contributed by atoms with Crippen LogP contribution in [0.1, 0.15) is 72.0 Å². The SMILES string of the molecule is O=C1C=C(c2ccc(CCCCCCCCC(=O)Oc3ccc(C=CC(=O)c4ccccc4)cc3)cc2)C(=O)N1. The van der Waals surface area contributed by atoms with Gasteiger partial charge in [0.05, 0.1) is 5.57 Å². The number of hydrogen-bond donors (Lipinski definition) is 1. The Morgan fingerprint density at radius 1 is 0.750 bits per heavy atom. The molecule has 40 heavy (non-hydrogen) atoms. The molecule has 0 bridgehead atoms. The van der Waals surface area contributed by atoms with Crippen molar-refractivity contribution in [3.05, 3.63) is 113 Å². The van der Waals surface area contributed by atoms with Gasteiger partial charge in [0.1, 0.15) is 5.75 Å². The van der Waals surface area contributed by atoms with E-state index in [0.717, 1.165) is 56.1 Å². The Labute approximate surface area is 234 Å². The van der Waals surface area contributed by atoms with Crippen LogP contribution in [-0.4, -0.2) is 23.6 Å². The molecule has 0 fully saturated rings. The molecule has 0 aromatic heterocycles. The van der Waals surface area contributed by atoms with E-state index in [-0.39, 0.29) is 23.6 Å². The first-order valence-corrected chi connectivity index (χ1v) is 13.7. The molecule has 0 atom stereocenters. The second kappa shape index (κ2) is 14.5. The van der Waals surface area contributed by atoms with Gasteiger partial charge in [0.15, 0.2) is 5.78 Å². The molecule has 0 aliphatic carbocycles. The van der Waals surface area contributed by atoms with Crippen molar-refractivity contribution < 1.29 is 23.9 Å². The summed E-state index contributed by atoms with van der Waals surface area (Å²) in [6, 6.07) is 24.0. The molecule has 204 valence electrons. The molecule has 2 amide bonds. The van der Waals surface area contributed by atoms with Crippen LogP contribution in [0.5, 0.6) is 5.75 Å². The third-order valence-electron chi connectivity index (χ3n) is 6.72. The average molecular weight is 536 g/mol. The molecule has 0 unspecified atom stereocenters. The smallest absolute Gasteiger partial charge is 0.311 e. The molecule has 3 aromatic rings. The molecule has 0 radical (unpaired) electrons. The molecule has 0 saturated heterocycles. The predicted octanol–water partition coefficient (Wildman–Crippen LogP) is 6.50. The molecule has 1 heterocycles. The Bertz CT molecular complexity index is 1390. The maximum Gasteiger partial charge on any atom is 0.311 e. The summed E-state index contributed by atoms with van der Waals surface area (Å²) in [6.45, 7) is 0. The number of amides is 2. The highest BCUT2D eigenvalue weighted by Gasteiger charge is 2.21. The van der Waals surface area contributed by atoms with Crippen molar-refractivity contribution in [3.63, 3.8) is 0 Å². The number of unbranched alkanes of at least 4 members (excludes halogenated alkanes) is 5. The topological polar surface area (TPSA) is 89.5 Å². The van der Waals surface area contributed by atoms with E-state index in [2.05, 4.69) is 5.32 Å². The Morgan fingerprint density at radius 2 is 1.43 bits per heavy atom. The summed E-state index contributed by atoms with van der Waals surface area (Å²) in [5.41, 5.74) is 3.88. The van der Waals surface area contributed by atoms with Gasteiger partial charge >= 0.3 is 5.97 Å². The number of hydrogen-bond acceptors (Lipinski definition) is 5. The number of rotatable bonds is 14. The number of allylic oxidation sites excluding steroid dienone is 1. The monoisotopic (exact) mass is 535 g/mol. The average Bonchev–Trinajstić information content (AvgIpc) is 3.32. The molecule has 1 N–H and O–H groups in total. The number of ketones is 1. The lowest BCUT2D eigenvalue weighted by atomic mass is 10.0. The van der Waals surface area contributed by atoms with E-state index in [9.17, 15) is 19.2 Å². The van der Waals surface area contributed by atoms with Crippen LogP contribution >= 0.6 is 0 Å². The summed E-state index contributed by atoms with van der Waals surface area (Å²) >= 11 is 0. The van der Waals surface area contributed by atoms with Gasteiger partial charge in [0.2, 0.25) is 0 Å². The minimum atomic E-state index is -0.366. The quantitative estimate of drug-likeness (QED) is 0.0635. The molecule has 3 aromatic carbocycles. The van der Waals surface area contributed by atoms with Gasteiger partial charge in [-0.05, 0) is 54.2 Å². The first-order valence-electron chi connectivity index (χ1n) is 13.7. The summed E-state index contributed by atoms with van der Waals surface area (Å²) in [5, 5.41) is 2.27. The minimum absolute atomic E-state index is 0.0587. The summed E-state index contributed by atoms with van der Waals surface area (Å²) < 4.78 is 5.44. The number of carbonyl (C=O) groups excluding carboxylic acids is 4. The number of aryl methyl sites for hydroxylation is 1. The van der Waals surface area contributed by atoms with Crippen LogP contribution in [-0.2, 0) is 20.8 Å². The summed E-state index contributed by atoms with van der Waals surface area (Å²) in [6.07, 6.45) is 12.2. The normalized spacial score (nSPS) is 12.8. The molecule has 1 aliphatic rings. The van der Waals surface area contributed by atoms with Crippen molar-refractivity contribution in [3.8, 4) is 5.75 Å². The zero-order valence-corrected chi connectivity index (χ0v) is 22.4. The van der Waals surface area contributed by atoms with E-state index in [1.165, 1.54) is 17.7 Å². The maximum absolute atomic E-state index is 12.2. The number of esters is 1. The van der Waals surface area contributed by atoms with Gasteiger partial charge in [-0.1, -0.05) is 98.5 Å². The van der Waals surface area contributed by atoms with Gasteiger partial charge in [-0.3, -0.25) is 24.5 Å². The van der Waals surface area contributed by atoms with Crippen LogP contribution in [0, 0.1) is 0 Å². The van der Waals surface area contributed by atoms with E-state index in [4.69, 9.17) is 4.74 Å². The molecule has 1 aliphatic heterocycles. The van der Waals surface area contributed by atoms with E-state index in [1.807, 2.05) is 54.6 Å². The second-order valence-electron chi connectivity index (χ2n) is 9.80. The zero-order chi connectivity index (χ0) is 28.2. The van der Waals surface area contributed by atoms with Crippen molar-refractivity contribution in [1.29, 1.82) is 0 Å². The minimum Gasteiger partial charge on any atom is -0.427 e. The van der Waals surface area contributed by atoms with Gasteiger partial charge in [0, 0.05) is 18.1 Å². The number of carbonyl (C=O) groups is 4. The second-order valence-corrected chi connectivity index (χ2v) is 9.80. The van der Waals surface area contributed by atoms with Crippen molar-refractivity contribution in [2.45, 2.75) is 51.4 Å². The number of imide groups is 1. The fraction of sp³-hybridized carbons (Fsp3) is 0.235. The molecule has 6 nitrogen and oxygen atoms in total. The molecule has 4 rings (SSSR count). The lowest BCUT2D eigenvalue weighted by Crippen LogP contribution is -2.21. The van der Waals surface area contributed by atoms with Gasteiger partial charge < -0.3 is 4.74 Å². The number of benzene rings is 3. The number of nitrogens with one attached hydrogen (secondary N) is 1. The van der Waals surface area contributed by atoms with Crippen molar-refractivity contribution in [2.24, 2.45) is 0 Å². The van der Waals surface area contributed by atoms with Crippen LogP contribution in [0.25, 0.3) is 11.6 Å². The van der Waals surface area contributed by atoms with Gasteiger partial charge in [-0.2, -0.15) is 0 Å². The van der Waals surface area contributed by atoms with Crippen LogP contribution in [0.2, 0.25) is 0 Å². The Balaban J connectivity index is 1.05. The number of ether oxygens (including phenoxy) is 1. The lowest BCUT2D eigenvalue weighted by Gasteiger charge is -2.06. The summed E-state index contributed by atoms with van der Waals surface area (Å²) in [7, 11) is 0. The maximum atomic E-state index is 12.2. The molecular formula is C34H33NO5. The highest BCUT2D eigenvalue weighted by Crippen LogP contribution is 2.20. The van der Waals surface area contributed by atoms with Crippen LogP contribution in [0.15, 0.2) is 91.0 Å². The van der Waals surface area contributed by atoms with Crippen molar-refractivity contribution >= 4 is 35.2 Å². The van der Waals surface area contributed by atoms with E-state index < -0.39 is 0 Å². The third-order valence-corrected chi connectivity index (χ3v) is 6.72. The summed E-state index contributed by atoms with van der Waals surface area (Å²) in [4.78, 5) is 47.4. The predicted molar refractivity (Wildman–Crippen MR) is 155 cm³/mol.